The van der Waals surface area contributed by atoms with Crippen molar-refractivity contribution in [3.05, 3.63) is 75.5 Å². The lowest BCUT2D eigenvalue weighted by atomic mass is 10.0. The van der Waals surface area contributed by atoms with Crippen LogP contribution in [-0.2, 0) is 22.3 Å². The van der Waals surface area contributed by atoms with Gasteiger partial charge < -0.3 is 29.3 Å². The molecule has 0 atom stereocenters. The van der Waals surface area contributed by atoms with Crippen molar-refractivity contribution in [3.63, 3.8) is 0 Å². The number of aryl methyl sites for hydroxylation is 1. The summed E-state index contributed by atoms with van der Waals surface area (Å²) in [6.45, 7) is 8.40. The van der Waals surface area contributed by atoms with Crippen molar-refractivity contribution in [2.45, 2.75) is 59.0 Å². The molecule has 6 rings (SSSR count). The summed E-state index contributed by atoms with van der Waals surface area (Å²) in [5.41, 5.74) is 3.06. The Balaban J connectivity index is 1.09. The number of hydrogen-bond acceptors (Lipinski definition) is 13. The molecule has 0 saturated heterocycles. The molecular weight excluding hydrogens is 718 g/mol. The first-order valence-corrected chi connectivity index (χ1v) is 18.7. The number of benzene rings is 2. The molecule has 0 bridgehead atoms. The summed E-state index contributed by atoms with van der Waals surface area (Å²) >= 11 is 2.96. The summed E-state index contributed by atoms with van der Waals surface area (Å²) in [6.07, 6.45) is 2.18. The van der Waals surface area contributed by atoms with Gasteiger partial charge in [0, 0.05) is 35.2 Å². The van der Waals surface area contributed by atoms with Gasteiger partial charge in [-0.1, -0.05) is 35.3 Å². The molecule has 0 aliphatic carbocycles. The number of carbonyl (C=O) groups is 2. The fraction of sp³-hybridized carbons (Fsp3) is 0.368. The lowest BCUT2D eigenvalue weighted by Crippen LogP contribution is -2.34. The lowest BCUT2D eigenvalue weighted by molar-refractivity contribution is 0.0320. The van der Waals surface area contributed by atoms with E-state index in [0.717, 1.165) is 44.2 Å². The van der Waals surface area contributed by atoms with Gasteiger partial charge >= 0.3 is 12.1 Å². The standard InChI is InChI=1S/C38H40FN7O5S2/c1-23-25-13-10-20-46(33(25)44-43-32(23)42-35-40-27-14-7-8-15-29(27)52-35)36-41-31(34(47)49-6)30(53-36)16-11-21-50-28-18-17-24(22-26(28)39)12-9-19-45(5)37(48)51-38(2,3)4/h7-8,14-15,17-18,22H,10-11,13,16,19-21H2,1-6H3,(H,40,42,43). The van der Waals surface area contributed by atoms with E-state index in [-0.39, 0.29) is 24.6 Å². The molecule has 0 spiro atoms. The van der Waals surface area contributed by atoms with Crippen LogP contribution < -0.4 is 15.0 Å². The molecule has 3 aromatic heterocycles. The number of anilines is 4. The van der Waals surface area contributed by atoms with Gasteiger partial charge in [-0.2, -0.15) is 0 Å². The Bertz CT molecular complexity index is 2170. The second-order valence-electron chi connectivity index (χ2n) is 13.3. The Morgan fingerprint density at radius 2 is 1.92 bits per heavy atom. The van der Waals surface area contributed by atoms with Crippen LogP contribution in [0.3, 0.4) is 0 Å². The van der Waals surface area contributed by atoms with Crippen molar-refractivity contribution in [2.75, 3.05) is 44.1 Å². The number of methoxy groups -OCH3 is 1. The molecule has 1 aliphatic heterocycles. The van der Waals surface area contributed by atoms with E-state index in [0.29, 0.717) is 41.7 Å². The number of ether oxygens (including phenoxy) is 3. The van der Waals surface area contributed by atoms with Gasteiger partial charge in [-0.15, -0.1) is 21.5 Å². The summed E-state index contributed by atoms with van der Waals surface area (Å²) in [6, 6.07) is 12.4. The molecule has 4 heterocycles. The van der Waals surface area contributed by atoms with Crippen molar-refractivity contribution in [2.24, 2.45) is 0 Å². The van der Waals surface area contributed by atoms with Gasteiger partial charge in [0.1, 0.15) is 5.60 Å². The molecule has 1 N–H and O–H groups in total. The third kappa shape index (κ3) is 9.01. The van der Waals surface area contributed by atoms with Crippen LogP contribution in [0.25, 0.3) is 10.2 Å². The molecule has 276 valence electrons. The number of thiazole rings is 2. The molecule has 2 aromatic carbocycles. The Kier molecular flexibility index (Phi) is 11.4. The number of halogens is 1. The molecule has 1 aliphatic rings. The highest BCUT2D eigenvalue weighted by molar-refractivity contribution is 7.22. The van der Waals surface area contributed by atoms with Crippen molar-refractivity contribution in [1.82, 2.24) is 25.1 Å². The zero-order chi connectivity index (χ0) is 37.7. The number of carbonyl (C=O) groups excluding carboxylic acids is 2. The Labute approximate surface area is 315 Å². The lowest BCUT2D eigenvalue weighted by Gasteiger charge is -2.28. The quantitative estimate of drug-likeness (QED) is 0.0849. The van der Waals surface area contributed by atoms with Crippen LogP contribution in [0, 0.1) is 24.6 Å². The van der Waals surface area contributed by atoms with Gasteiger partial charge in [0.2, 0.25) is 0 Å². The number of nitrogens with zero attached hydrogens (tertiary/aromatic N) is 6. The van der Waals surface area contributed by atoms with E-state index >= 15 is 0 Å². The molecule has 12 nitrogen and oxygen atoms in total. The second kappa shape index (κ2) is 16.1. The summed E-state index contributed by atoms with van der Waals surface area (Å²) in [4.78, 5) is 38.4. The largest absolute Gasteiger partial charge is 0.491 e. The second-order valence-corrected chi connectivity index (χ2v) is 15.4. The third-order valence-corrected chi connectivity index (χ3v) is 10.3. The number of amides is 1. The average molecular weight is 758 g/mol. The van der Waals surface area contributed by atoms with Gasteiger partial charge in [0.05, 0.1) is 30.5 Å². The fourth-order valence-corrected chi connectivity index (χ4v) is 7.55. The molecule has 5 aromatic rings. The number of rotatable bonds is 10. The first-order valence-electron chi connectivity index (χ1n) is 17.1. The minimum Gasteiger partial charge on any atom is -0.491 e. The fourth-order valence-electron chi connectivity index (χ4n) is 5.57. The predicted molar refractivity (Wildman–Crippen MR) is 204 cm³/mol. The van der Waals surface area contributed by atoms with E-state index < -0.39 is 23.5 Å². The van der Waals surface area contributed by atoms with Gasteiger partial charge in [-0.3, -0.25) is 0 Å². The molecule has 0 unspecified atom stereocenters. The minimum absolute atomic E-state index is 0.0930. The average Bonchev–Trinajstić information content (AvgIpc) is 3.74. The van der Waals surface area contributed by atoms with Crippen LogP contribution >= 0.6 is 22.7 Å². The molecule has 15 heteroatoms. The van der Waals surface area contributed by atoms with Crippen LogP contribution in [0.4, 0.5) is 31.1 Å². The van der Waals surface area contributed by atoms with E-state index in [4.69, 9.17) is 19.2 Å². The van der Waals surface area contributed by atoms with E-state index in [1.54, 1.807) is 45.2 Å². The SMILES string of the molecule is COC(=O)c1nc(N2CCCc3c2nnc(Nc2nc4ccccc4s2)c3C)sc1CCCOc1ccc(C#CCN(C)C(=O)OC(C)(C)C)cc1F. The highest BCUT2D eigenvalue weighted by Crippen LogP contribution is 2.39. The normalized spacial score (nSPS) is 12.5. The van der Waals surface area contributed by atoms with Crippen molar-refractivity contribution >= 4 is 66.9 Å². The number of fused-ring (bicyclic) bond motifs is 2. The Hall–Kier alpha value is -5.33. The minimum atomic E-state index is -0.608. The number of para-hydroxylation sites is 1. The van der Waals surface area contributed by atoms with Gasteiger partial charge in [-0.05, 0) is 83.7 Å². The maximum Gasteiger partial charge on any atom is 0.410 e. The van der Waals surface area contributed by atoms with E-state index in [1.807, 2.05) is 36.1 Å². The van der Waals surface area contributed by atoms with E-state index in [2.05, 4.69) is 32.3 Å². The first-order chi connectivity index (χ1) is 25.4. The van der Waals surface area contributed by atoms with Gasteiger partial charge in [-0.25, -0.2) is 23.9 Å². The Morgan fingerprint density at radius 3 is 2.68 bits per heavy atom. The highest BCUT2D eigenvalue weighted by Gasteiger charge is 2.29. The number of esters is 1. The highest BCUT2D eigenvalue weighted by atomic mass is 32.1. The molecule has 0 saturated carbocycles. The van der Waals surface area contributed by atoms with E-state index in [9.17, 15) is 14.0 Å². The summed E-state index contributed by atoms with van der Waals surface area (Å²) in [7, 11) is 2.92. The smallest absolute Gasteiger partial charge is 0.410 e. The molecule has 0 radical (unpaired) electrons. The molecule has 0 fully saturated rings. The number of aromatic nitrogens is 4. The van der Waals surface area contributed by atoms with Crippen LogP contribution in [0.15, 0.2) is 42.5 Å². The number of nitrogens with one attached hydrogen (secondary N) is 1. The topological polar surface area (TPSA) is 132 Å². The van der Waals surface area contributed by atoms with Crippen molar-refractivity contribution in [1.29, 1.82) is 0 Å². The molecular formula is C38H40FN7O5S2. The zero-order valence-electron chi connectivity index (χ0n) is 30.4. The predicted octanol–water partition coefficient (Wildman–Crippen LogP) is 7.83. The van der Waals surface area contributed by atoms with Crippen LogP contribution in [0.1, 0.15) is 65.7 Å². The summed E-state index contributed by atoms with van der Waals surface area (Å²) in [5, 5.41) is 13.9. The Morgan fingerprint density at radius 1 is 1.11 bits per heavy atom. The molecule has 1 amide bonds. The van der Waals surface area contributed by atoms with Crippen LogP contribution in [0.2, 0.25) is 0 Å². The third-order valence-electron chi connectivity index (χ3n) is 8.19. The van der Waals surface area contributed by atoms with Crippen LogP contribution in [0.5, 0.6) is 5.75 Å². The summed E-state index contributed by atoms with van der Waals surface area (Å²) in [5.74, 6) is 6.11. The summed E-state index contributed by atoms with van der Waals surface area (Å²) < 4.78 is 32.1. The van der Waals surface area contributed by atoms with Gasteiger partial charge in [0.25, 0.3) is 0 Å². The monoisotopic (exact) mass is 757 g/mol. The van der Waals surface area contributed by atoms with E-state index in [1.165, 1.54) is 35.5 Å². The van der Waals surface area contributed by atoms with Crippen molar-refractivity contribution in [3.8, 4) is 17.6 Å². The van der Waals surface area contributed by atoms with Gasteiger partial charge in [0.15, 0.2) is 39.2 Å². The number of hydrogen-bond donors (Lipinski definition) is 1. The maximum absolute atomic E-state index is 14.9. The first kappa shape index (κ1) is 37.4. The molecule has 53 heavy (non-hydrogen) atoms. The zero-order valence-corrected chi connectivity index (χ0v) is 32.0. The van der Waals surface area contributed by atoms with Crippen molar-refractivity contribution < 1.29 is 28.2 Å². The van der Waals surface area contributed by atoms with Crippen LogP contribution in [-0.4, -0.2) is 76.6 Å². The maximum atomic E-state index is 14.9.